The number of halogens is 1. The van der Waals surface area contributed by atoms with E-state index in [9.17, 15) is 0 Å². The van der Waals surface area contributed by atoms with Gasteiger partial charge in [-0.05, 0) is 60.8 Å². The molecule has 1 aliphatic rings. The maximum Gasteiger partial charge on any atom is 0.0702 e. The van der Waals surface area contributed by atoms with E-state index in [1.54, 1.807) is 0 Å². The molecule has 1 aromatic rings. The standard InChI is InChI=1S/C14H23BrN2S/c1-3-11(16)14(12-7-8-13(15)18-12)17-9-5-4-6-10(17)2/h7-8,10-11,14H,3-6,9,16H2,1-2H3. The van der Waals surface area contributed by atoms with E-state index in [0.717, 1.165) is 6.42 Å². The largest absolute Gasteiger partial charge is 0.326 e. The minimum atomic E-state index is 0.232. The van der Waals surface area contributed by atoms with Gasteiger partial charge in [0.1, 0.15) is 0 Å². The second-order valence-corrected chi connectivity index (χ2v) is 7.74. The van der Waals surface area contributed by atoms with Crippen LogP contribution in [0.3, 0.4) is 0 Å². The lowest BCUT2D eigenvalue weighted by Crippen LogP contribution is -2.47. The molecular formula is C14H23BrN2S. The van der Waals surface area contributed by atoms with Gasteiger partial charge in [0.25, 0.3) is 0 Å². The van der Waals surface area contributed by atoms with Crippen molar-refractivity contribution in [3.63, 3.8) is 0 Å². The van der Waals surface area contributed by atoms with Crippen molar-refractivity contribution in [3.05, 3.63) is 20.8 Å². The van der Waals surface area contributed by atoms with E-state index in [1.165, 1.54) is 34.5 Å². The molecule has 1 saturated heterocycles. The Bertz CT molecular complexity index is 380. The van der Waals surface area contributed by atoms with E-state index in [2.05, 4.69) is 46.8 Å². The van der Waals surface area contributed by atoms with Crippen LogP contribution in [0.1, 0.15) is 50.4 Å². The maximum atomic E-state index is 6.40. The molecule has 2 heterocycles. The second-order valence-electron chi connectivity index (χ2n) is 5.24. The van der Waals surface area contributed by atoms with Crippen molar-refractivity contribution in [3.8, 4) is 0 Å². The van der Waals surface area contributed by atoms with Crippen LogP contribution in [0, 0.1) is 0 Å². The van der Waals surface area contributed by atoms with Gasteiger partial charge in [0.2, 0.25) is 0 Å². The van der Waals surface area contributed by atoms with Crippen LogP contribution in [0.25, 0.3) is 0 Å². The van der Waals surface area contributed by atoms with Crippen molar-refractivity contribution in [1.29, 1.82) is 0 Å². The first kappa shape index (κ1) is 14.5. The molecule has 2 nitrogen and oxygen atoms in total. The normalized spacial score (nSPS) is 25.0. The number of piperidine rings is 1. The zero-order valence-electron chi connectivity index (χ0n) is 11.2. The molecule has 0 spiro atoms. The Hall–Kier alpha value is 0.1000. The van der Waals surface area contributed by atoms with Crippen LogP contribution in [0.15, 0.2) is 15.9 Å². The highest BCUT2D eigenvalue weighted by Gasteiger charge is 2.31. The summed E-state index contributed by atoms with van der Waals surface area (Å²) in [5.74, 6) is 0. The van der Waals surface area contributed by atoms with Crippen LogP contribution in [0.5, 0.6) is 0 Å². The Morgan fingerprint density at radius 1 is 1.50 bits per heavy atom. The molecule has 0 amide bonds. The van der Waals surface area contributed by atoms with Crippen LogP contribution >= 0.6 is 27.3 Å². The molecule has 2 rings (SSSR count). The first-order valence-electron chi connectivity index (χ1n) is 6.90. The van der Waals surface area contributed by atoms with Gasteiger partial charge in [0, 0.05) is 17.0 Å². The van der Waals surface area contributed by atoms with Gasteiger partial charge in [-0.25, -0.2) is 0 Å². The summed E-state index contributed by atoms with van der Waals surface area (Å²) in [6.45, 7) is 5.72. The van der Waals surface area contributed by atoms with Crippen LogP contribution in [-0.2, 0) is 0 Å². The average Bonchev–Trinajstić information content (AvgIpc) is 2.78. The summed E-state index contributed by atoms with van der Waals surface area (Å²) < 4.78 is 1.20. The fraction of sp³-hybridized carbons (Fsp3) is 0.714. The topological polar surface area (TPSA) is 29.3 Å². The average molecular weight is 331 g/mol. The molecule has 0 aromatic carbocycles. The molecule has 4 heteroatoms. The molecule has 102 valence electrons. The minimum Gasteiger partial charge on any atom is -0.326 e. The van der Waals surface area contributed by atoms with Gasteiger partial charge in [0.05, 0.1) is 9.83 Å². The predicted octanol–water partition coefficient (Wildman–Crippen LogP) is 4.16. The van der Waals surface area contributed by atoms with E-state index in [1.807, 2.05) is 11.3 Å². The third-order valence-corrected chi connectivity index (χ3v) is 5.67. The molecule has 1 aromatic heterocycles. The lowest BCUT2D eigenvalue weighted by Gasteiger charge is -2.41. The summed E-state index contributed by atoms with van der Waals surface area (Å²) in [6.07, 6.45) is 5.01. The number of thiophene rings is 1. The summed E-state index contributed by atoms with van der Waals surface area (Å²) in [5, 5.41) is 0. The third kappa shape index (κ3) is 3.16. The van der Waals surface area contributed by atoms with E-state index in [-0.39, 0.29) is 6.04 Å². The Labute approximate surface area is 123 Å². The lowest BCUT2D eigenvalue weighted by atomic mass is 9.96. The van der Waals surface area contributed by atoms with Crippen molar-refractivity contribution in [2.24, 2.45) is 5.73 Å². The van der Waals surface area contributed by atoms with Gasteiger partial charge in [-0.3, -0.25) is 4.90 Å². The third-order valence-electron chi connectivity index (χ3n) is 3.97. The fourth-order valence-electron chi connectivity index (χ4n) is 2.86. The number of likely N-dealkylation sites (tertiary alicyclic amines) is 1. The summed E-state index contributed by atoms with van der Waals surface area (Å²) in [4.78, 5) is 4.03. The molecule has 0 aliphatic carbocycles. The predicted molar refractivity (Wildman–Crippen MR) is 83.0 cm³/mol. The zero-order chi connectivity index (χ0) is 13.1. The van der Waals surface area contributed by atoms with Gasteiger partial charge >= 0.3 is 0 Å². The quantitative estimate of drug-likeness (QED) is 0.897. The fourth-order valence-corrected chi connectivity index (χ4v) is 4.49. The molecule has 3 unspecified atom stereocenters. The van der Waals surface area contributed by atoms with E-state index < -0.39 is 0 Å². The van der Waals surface area contributed by atoms with Gasteiger partial charge in [-0.1, -0.05) is 13.3 Å². The van der Waals surface area contributed by atoms with E-state index in [4.69, 9.17) is 5.73 Å². The molecule has 1 fully saturated rings. The van der Waals surface area contributed by atoms with Crippen molar-refractivity contribution in [2.75, 3.05) is 6.54 Å². The van der Waals surface area contributed by atoms with Gasteiger partial charge in [-0.2, -0.15) is 0 Å². The zero-order valence-corrected chi connectivity index (χ0v) is 13.6. The van der Waals surface area contributed by atoms with Crippen molar-refractivity contribution >= 4 is 27.3 Å². The maximum absolute atomic E-state index is 6.40. The minimum absolute atomic E-state index is 0.232. The van der Waals surface area contributed by atoms with Crippen LogP contribution in [0.4, 0.5) is 0 Å². The van der Waals surface area contributed by atoms with Gasteiger partial charge < -0.3 is 5.73 Å². The Balaban J connectivity index is 2.24. The molecule has 18 heavy (non-hydrogen) atoms. The number of hydrogen-bond acceptors (Lipinski definition) is 3. The molecule has 1 aliphatic heterocycles. The summed E-state index contributed by atoms with van der Waals surface area (Å²) in [7, 11) is 0. The number of rotatable bonds is 4. The van der Waals surface area contributed by atoms with E-state index >= 15 is 0 Å². The Morgan fingerprint density at radius 2 is 2.28 bits per heavy atom. The Morgan fingerprint density at radius 3 is 2.83 bits per heavy atom. The summed E-state index contributed by atoms with van der Waals surface area (Å²) in [6, 6.07) is 5.65. The SMILES string of the molecule is CCC(N)C(c1ccc(Br)s1)N1CCCCC1C. The van der Waals surface area contributed by atoms with Crippen molar-refractivity contribution in [1.82, 2.24) is 4.90 Å². The highest BCUT2D eigenvalue weighted by Crippen LogP contribution is 2.36. The summed E-state index contributed by atoms with van der Waals surface area (Å²) in [5.41, 5.74) is 6.40. The molecule has 2 N–H and O–H groups in total. The molecule has 0 bridgehead atoms. The van der Waals surface area contributed by atoms with Crippen LogP contribution in [0.2, 0.25) is 0 Å². The molecule has 3 atom stereocenters. The highest BCUT2D eigenvalue weighted by atomic mass is 79.9. The molecular weight excluding hydrogens is 308 g/mol. The smallest absolute Gasteiger partial charge is 0.0702 e. The highest BCUT2D eigenvalue weighted by molar-refractivity contribution is 9.11. The number of nitrogens with zero attached hydrogens (tertiary/aromatic N) is 1. The Kier molecular flexibility index (Phi) is 5.24. The monoisotopic (exact) mass is 330 g/mol. The number of nitrogens with two attached hydrogens (primary N) is 1. The van der Waals surface area contributed by atoms with Gasteiger partial charge in [-0.15, -0.1) is 11.3 Å². The van der Waals surface area contributed by atoms with Crippen LogP contribution in [-0.4, -0.2) is 23.5 Å². The lowest BCUT2D eigenvalue weighted by molar-refractivity contribution is 0.0900. The number of hydrogen-bond donors (Lipinski definition) is 1. The van der Waals surface area contributed by atoms with Crippen molar-refractivity contribution < 1.29 is 0 Å². The first-order valence-corrected chi connectivity index (χ1v) is 8.51. The van der Waals surface area contributed by atoms with Crippen molar-refractivity contribution in [2.45, 2.75) is 57.7 Å². The van der Waals surface area contributed by atoms with Gasteiger partial charge in [0.15, 0.2) is 0 Å². The van der Waals surface area contributed by atoms with E-state index in [0.29, 0.717) is 12.1 Å². The first-order chi connectivity index (χ1) is 8.63. The van der Waals surface area contributed by atoms with Crippen LogP contribution < -0.4 is 5.73 Å². The second kappa shape index (κ2) is 6.51. The molecule has 0 saturated carbocycles. The molecule has 0 radical (unpaired) electrons. The summed E-state index contributed by atoms with van der Waals surface area (Å²) >= 11 is 5.40.